The third kappa shape index (κ3) is 3.19. The molecular weight excluding hydrogens is 332 g/mol. The zero-order valence-corrected chi connectivity index (χ0v) is 15.1. The molecule has 0 radical (unpaired) electrons. The average molecular weight is 356 g/mol. The summed E-state index contributed by atoms with van der Waals surface area (Å²) in [5, 5.41) is 11.1. The Labute approximate surface area is 142 Å². The van der Waals surface area contributed by atoms with E-state index in [1.54, 1.807) is 19.1 Å². The van der Waals surface area contributed by atoms with Crippen LogP contribution in [0.2, 0.25) is 0 Å². The van der Waals surface area contributed by atoms with Crippen molar-refractivity contribution < 1.29 is 18.1 Å². The molecule has 8 heteroatoms. The van der Waals surface area contributed by atoms with Crippen molar-refractivity contribution in [2.45, 2.75) is 38.4 Å². The molecule has 1 aromatic carbocycles. The standard InChI is InChI=1S/C16H24N2O5S/c1-4-16(5-2)12-17(9-10-24(16,21)22)13-7-8-14(18(19)20)15(11-13)23-6-3/h7-8,11H,4-6,9-10,12H2,1-3H3. The van der Waals surface area contributed by atoms with Crippen LogP contribution in [0.15, 0.2) is 18.2 Å². The van der Waals surface area contributed by atoms with E-state index in [2.05, 4.69) is 0 Å². The summed E-state index contributed by atoms with van der Waals surface area (Å²) in [5.74, 6) is 0.308. The molecule has 0 bridgehead atoms. The van der Waals surface area contributed by atoms with E-state index >= 15 is 0 Å². The fourth-order valence-electron chi connectivity index (χ4n) is 3.23. The lowest BCUT2D eigenvalue weighted by Gasteiger charge is -2.42. The second-order valence-corrected chi connectivity index (χ2v) is 8.48. The van der Waals surface area contributed by atoms with E-state index in [1.165, 1.54) is 6.07 Å². The molecule has 1 aromatic rings. The first-order valence-electron chi connectivity index (χ1n) is 8.18. The van der Waals surface area contributed by atoms with Gasteiger partial charge in [-0.15, -0.1) is 0 Å². The van der Waals surface area contributed by atoms with E-state index in [0.717, 1.165) is 5.69 Å². The maximum absolute atomic E-state index is 12.5. The minimum absolute atomic E-state index is 0.0810. The minimum Gasteiger partial charge on any atom is -0.487 e. The number of nitro groups is 1. The Bertz CT molecular complexity index is 713. The highest BCUT2D eigenvalue weighted by atomic mass is 32.2. The molecule has 1 fully saturated rings. The third-order valence-electron chi connectivity index (χ3n) is 4.86. The number of ether oxygens (including phenoxy) is 1. The Kier molecular flexibility index (Phi) is 5.37. The van der Waals surface area contributed by atoms with Crippen LogP contribution in [0, 0.1) is 10.1 Å². The maximum Gasteiger partial charge on any atom is 0.311 e. The molecule has 0 amide bonds. The largest absolute Gasteiger partial charge is 0.487 e. The van der Waals surface area contributed by atoms with E-state index < -0.39 is 19.5 Å². The van der Waals surface area contributed by atoms with Crippen molar-refractivity contribution in [2.75, 3.05) is 30.3 Å². The first kappa shape index (κ1) is 18.5. The molecule has 1 saturated heterocycles. The molecule has 0 spiro atoms. The zero-order chi connectivity index (χ0) is 18.0. The van der Waals surface area contributed by atoms with Crippen LogP contribution in [0.1, 0.15) is 33.6 Å². The summed E-state index contributed by atoms with van der Waals surface area (Å²) < 4.78 is 29.7. The molecule has 0 unspecified atom stereocenters. The molecule has 0 aliphatic carbocycles. The topological polar surface area (TPSA) is 89.8 Å². The van der Waals surface area contributed by atoms with Crippen LogP contribution in [0.25, 0.3) is 0 Å². The molecule has 1 aliphatic rings. The van der Waals surface area contributed by atoms with E-state index in [-0.39, 0.29) is 17.2 Å². The summed E-state index contributed by atoms with van der Waals surface area (Å²) in [4.78, 5) is 12.6. The Morgan fingerprint density at radius 3 is 2.50 bits per heavy atom. The number of nitro benzene ring substituents is 1. The lowest BCUT2D eigenvalue weighted by molar-refractivity contribution is -0.385. The molecule has 0 saturated carbocycles. The van der Waals surface area contributed by atoms with Gasteiger partial charge in [-0.05, 0) is 25.8 Å². The number of sulfone groups is 1. The summed E-state index contributed by atoms with van der Waals surface area (Å²) >= 11 is 0. The van der Waals surface area contributed by atoms with Crippen LogP contribution >= 0.6 is 0 Å². The third-order valence-corrected chi connectivity index (χ3v) is 7.61. The van der Waals surface area contributed by atoms with Crippen molar-refractivity contribution in [3.63, 3.8) is 0 Å². The van der Waals surface area contributed by atoms with Crippen molar-refractivity contribution in [2.24, 2.45) is 0 Å². The van der Waals surface area contributed by atoms with Crippen molar-refractivity contribution >= 4 is 21.2 Å². The highest BCUT2D eigenvalue weighted by Crippen LogP contribution is 2.37. The van der Waals surface area contributed by atoms with E-state index in [0.29, 0.717) is 32.5 Å². The Morgan fingerprint density at radius 1 is 1.29 bits per heavy atom. The molecular formula is C16H24N2O5S. The lowest BCUT2D eigenvalue weighted by Crippen LogP contribution is -2.55. The average Bonchev–Trinajstić information content (AvgIpc) is 2.55. The van der Waals surface area contributed by atoms with Gasteiger partial charge in [-0.2, -0.15) is 0 Å². The van der Waals surface area contributed by atoms with Crippen LogP contribution in [-0.2, 0) is 9.84 Å². The van der Waals surface area contributed by atoms with Gasteiger partial charge in [0.25, 0.3) is 0 Å². The predicted molar refractivity (Wildman–Crippen MR) is 93.6 cm³/mol. The molecule has 0 atom stereocenters. The Morgan fingerprint density at radius 2 is 1.96 bits per heavy atom. The Hall–Kier alpha value is -1.83. The second-order valence-electron chi connectivity index (χ2n) is 5.97. The number of rotatable bonds is 6. The maximum atomic E-state index is 12.5. The summed E-state index contributed by atoms with van der Waals surface area (Å²) in [6, 6.07) is 4.72. The Balaban J connectivity index is 2.38. The molecule has 1 aliphatic heterocycles. The molecule has 7 nitrogen and oxygen atoms in total. The van der Waals surface area contributed by atoms with Gasteiger partial charge in [0.05, 0.1) is 22.0 Å². The van der Waals surface area contributed by atoms with E-state index in [4.69, 9.17) is 4.74 Å². The summed E-state index contributed by atoms with van der Waals surface area (Å²) in [6.45, 7) is 6.66. The van der Waals surface area contributed by atoms with Crippen molar-refractivity contribution in [3.05, 3.63) is 28.3 Å². The van der Waals surface area contributed by atoms with Crippen LogP contribution in [-0.4, -0.2) is 43.5 Å². The molecule has 0 aromatic heterocycles. The lowest BCUT2D eigenvalue weighted by atomic mass is 10.0. The number of hydrogen-bond acceptors (Lipinski definition) is 6. The SMILES string of the molecule is CCOc1cc(N2CCS(=O)(=O)C(CC)(CC)C2)ccc1[N+](=O)[O-]. The van der Waals surface area contributed by atoms with Crippen LogP contribution in [0.4, 0.5) is 11.4 Å². The zero-order valence-electron chi connectivity index (χ0n) is 14.3. The van der Waals surface area contributed by atoms with Gasteiger partial charge in [0.15, 0.2) is 15.6 Å². The van der Waals surface area contributed by atoms with Gasteiger partial charge in [-0.3, -0.25) is 10.1 Å². The summed E-state index contributed by atoms with van der Waals surface area (Å²) in [5.41, 5.74) is 0.674. The van der Waals surface area contributed by atoms with Crippen molar-refractivity contribution in [3.8, 4) is 5.75 Å². The van der Waals surface area contributed by atoms with Gasteiger partial charge >= 0.3 is 5.69 Å². The van der Waals surface area contributed by atoms with Gasteiger partial charge in [0, 0.05) is 30.9 Å². The highest BCUT2D eigenvalue weighted by Gasteiger charge is 2.45. The second kappa shape index (κ2) is 6.96. The number of nitrogens with zero attached hydrogens (tertiary/aromatic N) is 2. The van der Waals surface area contributed by atoms with Gasteiger partial charge in [-0.1, -0.05) is 13.8 Å². The molecule has 24 heavy (non-hydrogen) atoms. The van der Waals surface area contributed by atoms with E-state index in [1.807, 2.05) is 18.7 Å². The van der Waals surface area contributed by atoms with Crippen molar-refractivity contribution in [1.82, 2.24) is 0 Å². The molecule has 0 N–H and O–H groups in total. The van der Waals surface area contributed by atoms with Gasteiger partial charge < -0.3 is 9.64 Å². The normalized spacial score (nSPS) is 19.0. The first-order valence-corrected chi connectivity index (χ1v) is 9.84. The van der Waals surface area contributed by atoms with Crippen LogP contribution in [0.5, 0.6) is 5.75 Å². The fourth-order valence-corrected chi connectivity index (χ4v) is 5.35. The fraction of sp³-hybridized carbons (Fsp3) is 0.625. The number of benzene rings is 1. The first-order chi connectivity index (χ1) is 11.3. The highest BCUT2D eigenvalue weighted by molar-refractivity contribution is 7.92. The van der Waals surface area contributed by atoms with Crippen LogP contribution < -0.4 is 9.64 Å². The summed E-state index contributed by atoms with van der Waals surface area (Å²) in [7, 11) is -3.15. The van der Waals surface area contributed by atoms with Gasteiger partial charge in [0.2, 0.25) is 0 Å². The quantitative estimate of drug-likeness (QED) is 0.575. The molecule has 1 heterocycles. The number of anilines is 1. The predicted octanol–water partition coefficient (Wildman–Crippen LogP) is 2.79. The monoisotopic (exact) mass is 356 g/mol. The molecule has 134 valence electrons. The van der Waals surface area contributed by atoms with E-state index in [9.17, 15) is 18.5 Å². The summed E-state index contributed by atoms with van der Waals surface area (Å²) in [6.07, 6.45) is 1.10. The van der Waals surface area contributed by atoms with Gasteiger partial charge in [0.1, 0.15) is 0 Å². The molecule has 2 rings (SSSR count). The van der Waals surface area contributed by atoms with Crippen LogP contribution in [0.3, 0.4) is 0 Å². The van der Waals surface area contributed by atoms with Crippen molar-refractivity contribution in [1.29, 1.82) is 0 Å². The number of hydrogen-bond donors (Lipinski definition) is 0. The smallest absolute Gasteiger partial charge is 0.311 e. The minimum atomic E-state index is -3.15. The van der Waals surface area contributed by atoms with Gasteiger partial charge in [-0.25, -0.2) is 8.42 Å².